The Morgan fingerprint density at radius 1 is 1.27 bits per heavy atom. The molecule has 1 heterocycles. The molecule has 0 bridgehead atoms. The van der Waals surface area contributed by atoms with Crippen molar-refractivity contribution in [2.75, 3.05) is 13.1 Å². The molecular formula is C15H20N2O4S. The van der Waals surface area contributed by atoms with Gasteiger partial charge in [-0.3, -0.25) is 0 Å². The number of hydrogen-bond acceptors (Lipinski definition) is 4. The highest BCUT2D eigenvalue weighted by Gasteiger charge is 2.41. The van der Waals surface area contributed by atoms with Crippen LogP contribution in [0.1, 0.15) is 24.0 Å². The summed E-state index contributed by atoms with van der Waals surface area (Å²) in [6, 6.07) is 5.30. The van der Waals surface area contributed by atoms with Crippen molar-refractivity contribution in [1.29, 1.82) is 0 Å². The minimum Gasteiger partial charge on any atom is -0.443 e. The highest BCUT2D eigenvalue weighted by molar-refractivity contribution is 7.89. The third kappa shape index (κ3) is 3.10. The summed E-state index contributed by atoms with van der Waals surface area (Å²) >= 11 is 0. The number of aryl methyl sites for hydroxylation is 2. The second kappa shape index (κ2) is 5.55. The van der Waals surface area contributed by atoms with Crippen LogP contribution in [0, 0.1) is 13.8 Å². The summed E-state index contributed by atoms with van der Waals surface area (Å²) in [5.41, 5.74) is 1.97. The zero-order chi connectivity index (χ0) is 15.9. The van der Waals surface area contributed by atoms with Gasteiger partial charge in [0.15, 0.2) is 0 Å². The van der Waals surface area contributed by atoms with Crippen molar-refractivity contribution < 1.29 is 17.9 Å². The molecule has 1 aliphatic carbocycles. The zero-order valence-electron chi connectivity index (χ0n) is 12.7. The van der Waals surface area contributed by atoms with Crippen molar-refractivity contribution in [3.05, 3.63) is 29.3 Å². The summed E-state index contributed by atoms with van der Waals surface area (Å²) in [7, 11) is -3.59. The second-order valence-electron chi connectivity index (χ2n) is 5.99. The van der Waals surface area contributed by atoms with Gasteiger partial charge in [-0.25, -0.2) is 17.9 Å². The van der Waals surface area contributed by atoms with E-state index in [-0.39, 0.29) is 23.6 Å². The maximum Gasteiger partial charge on any atom is 0.410 e. The van der Waals surface area contributed by atoms with Crippen LogP contribution in [-0.2, 0) is 14.8 Å². The quantitative estimate of drug-likeness (QED) is 0.892. The minimum absolute atomic E-state index is 0.101. The van der Waals surface area contributed by atoms with Crippen molar-refractivity contribution >= 4 is 16.1 Å². The van der Waals surface area contributed by atoms with Gasteiger partial charge in [0, 0.05) is 12.6 Å². The van der Waals surface area contributed by atoms with Gasteiger partial charge in [0.05, 0.1) is 11.4 Å². The Morgan fingerprint density at radius 3 is 2.64 bits per heavy atom. The first-order chi connectivity index (χ1) is 10.4. The first-order valence-electron chi connectivity index (χ1n) is 7.41. The van der Waals surface area contributed by atoms with Crippen molar-refractivity contribution in [3.8, 4) is 0 Å². The van der Waals surface area contributed by atoms with Crippen LogP contribution in [-0.4, -0.2) is 44.6 Å². The van der Waals surface area contributed by atoms with Gasteiger partial charge in [0.1, 0.15) is 6.10 Å². The molecule has 0 radical (unpaired) electrons. The molecule has 22 heavy (non-hydrogen) atoms. The molecule has 1 aromatic rings. The molecule has 1 N–H and O–H groups in total. The number of rotatable bonds is 5. The van der Waals surface area contributed by atoms with Crippen molar-refractivity contribution in [2.24, 2.45) is 0 Å². The van der Waals surface area contributed by atoms with Crippen LogP contribution in [0.15, 0.2) is 23.1 Å². The molecule has 6 nitrogen and oxygen atoms in total. The van der Waals surface area contributed by atoms with Crippen LogP contribution in [0.3, 0.4) is 0 Å². The predicted octanol–water partition coefficient (Wildman–Crippen LogP) is 1.56. The number of amides is 1. The molecule has 1 aromatic carbocycles. The molecule has 1 saturated carbocycles. The number of hydrogen-bond donors (Lipinski definition) is 1. The van der Waals surface area contributed by atoms with E-state index < -0.39 is 16.1 Å². The lowest BCUT2D eigenvalue weighted by Gasteiger charge is -2.12. The molecule has 1 unspecified atom stereocenters. The first kappa shape index (κ1) is 15.3. The fourth-order valence-corrected chi connectivity index (χ4v) is 3.65. The molecule has 1 amide bonds. The van der Waals surface area contributed by atoms with Crippen molar-refractivity contribution in [1.82, 2.24) is 9.62 Å². The smallest absolute Gasteiger partial charge is 0.410 e. The number of nitrogens with zero attached hydrogens (tertiary/aromatic N) is 1. The summed E-state index contributed by atoms with van der Waals surface area (Å²) in [4.78, 5) is 13.6. The molecule has 7 heteroatoms. The van der Waals surface area contributed by atoms with Gasteiger partial charge in [-0.1, -0.05) is 6.07 Å². The van der Waals surface area contributed by atoms with Crippen LogP contribution in [0.5, 0.6) is 0 Å². The van der Waals surface area contributed by atoms with Gasteiger partial charge in [-0.2, -0.15) is 0 Å². The van der Waals surface area contributed by atoms with Crippen LogP contribution < -0.4 is 4.72 Å². The van der Waals surface area contributed by atoms with E-state index in [0.717, 1.165) is 24.0 Å². The van der Waals surface area contributed by atoms with E-state index in [9.17, 15) is 13.2 Å². The number of ether oxygens (including phenoxy) is 1. The lowest BCUT2D eigenvalue weighted by molar-refractivity contribution is 0.133. The van der Waals surface area contributed by atoms with E-state index in [4.69, 9.17) is 4.74 Å². The molecule has 120 valence electrons. The van der Waals surface area contributed by atoms with Gasteiger partial charge < -0.3 is 9.64 Å². The summed E-state index contributed by atoms with van der Waals surface area (Å²) in [6.45, 7) is 4.37. The molecule has 0 spiro atoms. The predicted molar refractivity (Wildman–Crippen MR) is 81.1 cm³/mol. The average Bonchev–Trinajstić information content (AvgIpc) is 3.23. The van der Waals surface area contributed by atoms with Gasteiger partial charge in [0.2, 0.25) is 10.0 Å². The van der Waals surface area contributed by atoms with Crippen molar-refractivity contribution in [2.45, 2.75) is 43.7 Å². The maximum atomic E-state index is 12.3. The summed E-state index contributed by atoms with van der Waals surface area (Å²) < 4.78 is 32.3. The number of cyclic esters (lactones) is 1. The van der Waals surface area contributed by atoms with E-state index in [0.29, 0.717) is 6.54 Å². The largest absolute Gasteiger partial charge is 0.443 e. The van der Waals surface area contributed by atoms with Crippen molar-refractivity contribution in [3.63, 3.8) is 0 Å². The second-order valence-corrected chi connectivity index (χ2v) is 7.75. The Balaban J connectivity index is 1.62. The van der Waals surface area contributed by atoms with Crippen LogP contribution >= 0.6 is 0 Å². The molecule has 0 aromatic heterocycles. The molecule has 2 fully saturated rings. The Morgan fingerprint density at radius 2 is 2.00 bits per heavy atom. The number of sulfonamides is 1. The summed E-state index contributed by atoms with van der Waals surface area (Å²) in [5, 5.41) is 0. The molecule has 1 atom stereocenters. The Kier molecular flexibility index (Phi) is 3.86. The number of carbonyl (C=O) groups excluding carboxylic acids is 1. The topological polar surface area (TPSA) is 75.7 Å². The van der Waals surface area contributed by atoms with Gasteiger partial charge in [0.25, 0.3) is 0 Å². The lowest BCUT2D eigenvalue weighted by atomic mass is 10.1. The highest BCUT2D eigenvalue weighted by Crippen LogP contribution is 2.30. The van der Waals surface area contributed by atoms with Gasteiger partial charge in [-0.15, -0.1) is 0 Å². The number of nitrogens with one attached hydrogen (secondary N) is 1. The molecular weight excluding hydrogens is 304 g/mol. The monoisotopic (exact) mass is 324 g/mol. The number of benzene rings is 1. The van der Waals surface area contributed by atoms with Crippen LogP contribution in [0.2, 0.25) is 0 Å². The third-order valence-corrected chi connectivity index (χ3v) is 5.60. The van der Waals surface area contributed by atoms with E-state index in [1.54, 1.807) is 23.1 Å². The standard InChI is InChI=1S/C15H20N2O4S/c1-10-3-6-14(7-11(10)2)22(19,20)16-8-13-9-17(12-4-5-12)15(18)21-13/h3,6-7,12-13,16H,4-5,8-9H2,1-2H3. The van der Waals surface area contributed by atoms with E-state index in [2.05, 4.69) is 4.72 Å². The third-order valence-electron chi connectivity index (χ3n) is 4.18. The van der Waals surface area contributed by atoms with E-state index >= 15 is 0 Å². The molecule has 2 aliphatic rings. The molecule has 1 saturated heterocycles. The lowest BCUT2D eigenvalue weighted by Crippen LogP contribution is -2.35. The van der Waals surface area contributed by atoms with Gasteiger partial charge in [-0.05, 0) is 49.9 Å². The zero-order valence-corrected chi connectivity index (χ0v) is 13.5. The number of carbonyl (C=O) groups is 1. The highest BCUT2D eigenvalue weighted by atomic mass is 32.2. The van der Waals surface area contributed by atoms with Gasteiger partial charge >= 0.3 is 6.09 Å². The Bertz CT molecular complexity index is 697. The molecule has 3 rings (SSSR count). The SMILES string of the molecule is Cc1ccc(S(=O)(=O)NCC2CN(C3CC3)C(=O)O2)cc1C. The normalized spacial score (nSPS) is 22.0. The average molecular weight is 324 g/mol. The van der Waals surface area contributed by atoms with E-state index in [1.165, 1.54) is 0 Å². The molecule has 1 aliphatic heterocycles. The summed E-state index contributed by atoms with van der Waals surface area (Å²) in [6.07, 6.45) is 1.26. The first-order valence-corrected chi connectivity index (χ1v) is 8.89. The fraction of sp³-hybridized carbons (Fsp3) is 0.533. The van der Waals surface area contributed by atoms with Crippen LogP contribution in [0.25, 0.3) is 0 Å². The van der Waals surface area contributed by atoms with Crippen LogP contribution in [0.4, 0.5) is 4.79 Å². The Hall–Kier alpha value is -1.60. The summed E-state index contributed by atoms with van der Waals surface area (Å²) in [5.74, 6) is 0. The van der Waals surface area contributed by atoms with E-state index in [1.807, 2.05) is 13.8 Å². The Labute approximate surface area is 130 Å². The maximum absolute atomic E-state index is 12.3. The minimum atomic E-state index is -3.59. The fourth-order valence-electron chi connectivity index (χ4n) is 2.50.